The predicted molar refractivity (Wildman–Crippen MR) is 99.7 cm³/mol. The average molecular weight is 385 g/mol. The molecule has 0 unspecified atom stereocenters. The van der Waals surface area contributed by atoms with Gasteiger partial charge in [-0.1, -0.05) is 23.2 Å². The molecule has 2 N–H and O–H groups in total. The van der Waals surface area contributed by atoms with Gasteiger partial charge in [-0.05, 0) is 55.3 Å². The van der Waals surface area contributed by atoms with E-state index < -0.39 is 9.84 Å². The van der Waals surface area contributed by atoms with Gasteiger partial charge in [-0.25, -0.2) is 8.42 Å². The molecule has 1 aliphatic heterocycles. The van der Waals surface area contributed by atoms with Crippen molar-refractivity contribution in [2.24, 2.45) is 0 Å². The minimum Gasteiger partial charge on any atom is -0.399 e. The van der Waals surface area contributed by atoms with Crippen molar-refractivity contribution in [3.05, 3.63) is 52.5 Å². The lowest BCUT2D eigenvalue weighted by Gasteiger charge is -2.33. The van der Waals surface area contributed by atoms with Crippen LogP contribution >= 0.6 is 23.2 Å². The number of hydrogen-bond acceptors (Lipinski definition) is 4. The van der Waals surface area contributed by atoms with E-state index in [0.717, 1.165) is 5.69 Å². The highest BCUT2D eigenvalue weighted by molar-refractivity contribution is 7.92. The number of halogens is 2. The molecule has 2 aromatic rings. The number of benzene rings is 2. The molecule has 0 saturated carbocycles. The number of rotatable bonds is 3. The van der Waals surface area contributed by atoms with E-state index >= 15 is 0 Å². The molecule has 1 aliphatic rings. The van der Waals surface area contributed by atoms with Crippen LogP contribution in [0.2, 0.25) is 10.0 Å². The number of anilines is 2. The van der Waals surface area contributed by atoms with Gasteiger partial charge in [0.05, 0.1) is 10.1 Å². The Kier molecular flexibility index (Phi) is 4.95. The fraction of sp³-hybridized carbons (Fsp3) is 0.294. The number of sulfone groups is 1. The second-order valence-corrected chi connectivity index (χ2v) is 9.03. The van der Waals surface area contributed by atoms with Crippen LogP contribution in [0, 0.1) is 0 Å². The first-order valence-electron chi connectivity index (χ1n) is 7.67. The Hall–Kier alpha value is -1.43. The Balaban J connectivity index is 1.73. The first-order valence-corrected chi connectivity index (χ1v) is 9.97. The van der Waals surface area contributed by atoms with Crippen molar-refractivity contribution >= 4 is 44.4 Å². The average Bonchev–Trinajstić information content (AvgIpc) is 2.54. The van der Waals surface area contributed by atoms with Crippen LogP contribution in [-0.2, 0) is 9.84 Å². The van der Waals surface area contributed by atoms with Crippen LogP contribution in [0.5, 0.6) is 0 Å². The molecular weight excluding hydrogens is 367 g/mol. The maximum absolute atomic E-state index is 12.7. The van der Waals surface area contributed by atoms with Crippen molar-refractivity contribution in [2.45, 2.75) is 23.0 Å². The summed E-state index contributed by atoms with van der Waals surface area (Å²) in [5.74, 6) is 0. The Morgan fingerprint density at radius 1 is 0.958 bits per heavy atom. The summed E-state index contributed by atoms with van der Waals surface area (Å²) in [6.45, 7) is 1.30. The van der Waals surface area contributed by atoms with Crippen molar-refractivity contribution in [3.63, 3.8) is 0 Å². The van der Waals surface area contributed by atoms with Crippen LogP contribution in [0.1, 0.15) is 12.8 Å². The Morgan fingerprint density at radius 2 is 1.50 bits per heavy atom. The standard InChI is InChI=1S/C17H18Cl2N2O2S/c18-12-9-13(19)11-15(10-12)21-7-5-17(6-8-21)24(22,23)16-3-1-14(20)2-4-16/h1-4,9-11,17H,5-8,20H2. The molecule has 0 amide bonds. The van der Waals surface area contributed by atoms with E-state index in [9.17, 15) is 8.42 Å². The van der Waals surface area contributed by atoms with Crippen molar-refractivity contribution in [3.8, 4) is 0 Å². The van der Waals surface area contributed by atoms with Crippen LogP contribution in [0.3, 0.4) is 0 Å². The summed E-state index contributed by atoms with van der Waals surface area (Å²) in [5.41, 5.74) is 7.12. The first-order chi connectivity index (χ1) is 11.4. The van der Waals surface area contributed by atoms with Gasteiger partial charge in [0.1, 0.15) is 0 Å². The molecular formula is C17H18Cl2N2O2S. The molecule has 0 atom stereocenters. The molecule has 0 spiro atoms. The highest BCUT2D eigenvalue weighted by atomic mass is 35.5. The third-order valence-electron chi connectivity index (χ3n) is 4.30. The topological polar surface area (TPSA) is 63.4 Å². The monoisotopic (exact) mass is 384 g/mol. The number of piperidine rings is 1. The number of nitrogen functional groups attached to an aromatic ring is 1. The van der Waals surface area contributed by atoms with Crippen LogP contribution in [0.15, 0.2) is 47.4 Å². The number of nitrogens with zero attached hydrogens (tertiary/aromatic N) is 1. The van der Waals surface area contributed by atoms with Crippen molar-refractivity contribution in [1.29, 1.82) is 0 Å². The molecule has 1 heterocycles. The molecule has 3 rings (SSSR count). The van der Waals surface area contributed by atoms with Crippen molar-refractivity contribution in [1.82, 2.24) is 0 Å². The highest BCUT2D eigenvalue weighted by Gasteiger charge is 2.31. The second-order valence-electron chi connectivity index (χ2n) is 5.93. The summed E-state index contributed by atoms with van der Waals surface area (Å²) < 4.78 is 25.5. The summed E-state index contributed by atoms with van der Waals surface area (Å²) in [7, 11) is -3.34. The lowest BCUT2D eigenvalue weighted by Crippen LogP contribution is -2.39. The van der Waals surface area contributed by atoms with Crippen LogP contribution in [-0.4, -0.2) is 26.8 Å². The first kappa shape index (κ1) is 17.4. The van der Waals surface area contributed by atoms with E-state index in [1.165, 1.54) is 0 Å². The van der Waals surface area contributed by atoms with E-state index in [2.05, 4.69) is 4.90 Å². The van der Waals surface area contributed by atoms with Gasteiger partial charge in [0.25, 0.3) is 0 Å². The van der Waals surface area contributed by atoms with E-state index in [1.54, 1.807) is 30.3 Å². The molecule has 24 heavy (non-hydrogen) atoms. The summed E-state index contributed by atoms with van der Waals surface area (Å²) in [6, 6.07) is 11.8. The van der Waals surface area contributed by atoms with Gasteiger partial charge in [0.15, 0.2) is 9.84 Å². The zero-order valence-electron chi connectivity index (χ0n) is 13.0. The lowest BCUT2D eigenvalue weighted by molar-refractivity contribution is 0.530. The molecule has 7 heteroatoms. The van der Waals surface area contributed by atoms with Gasteiger partial charge >= 0.3 is 0 Å². The summed E-state index contributed by atoms with van der Waals surface area (Å²) in [5, 5.41) is 0.773. The fourth-order valence-corrected chi connectivity index (χ4v) is 5.24. The predicted octanol–water partition coefficient (Wildman–Crippen LogP) is 4.02. The fourth-order valence-electron chi connectivity index (χ4n) is 3.00. The van der Waals surface area contributed by atoms with Gasteiger partial charge < -0.3 is 10.6 Å². The SMILES string of the molecule is Nc1ccc(S(=O)(=O)C2CCN(c3cc(Cl)cc(Cl)c3)CC2)cc1. The molecule has 1 saturated heterocycles. The smallest absolute Gasteiger partial charge is 0.181 e. The molecule has 0 aliphatic carbocycles. The molecule has 4 nitrogen and oxygen atoms in total. The molecule has 128 valence electrons. The van der Waals surface area contributed by atoms with Gasteiger partial charge in [-0.2, -0.15) is 0 Å². The quantitative estimate of drug-likeness (QED) is 0.811. The second kappa shape index (κ2) is 6.82. The molecule has 2 aromatic carbocycles. The van der Waals surface area contributed by atoms with Gasteiger partial charge in [-0.15, -0.1) is 0 Å². The summed E-state index contributed by atoms with van der Waals surface area (Å²) in [4.78, 5) is 2.45. The normalized spacial score (nSPS) is 16.3. The van der Waals surface area contributed by atoms with Gasteiger partial charge in [-0.3, -0.25) is 0 Å². The van der Waals surface area contributed by atoms with E-state index in [0.29, 0.717) is 46.6 Å². The zero-order valence-corrected chi connectivity index (χ0v) is 15.3. The van der Waals surface area contributed by atoms with E-state index in [-0.39, 0.29) is 5.25 Å². The molecule has 0 radical (unpaired) electrons. The Bertz CT molecular complexity index is 810. The summed E-state index contributed by atoms with van der Waals surface area (Å²) >= 11 is 12.1. The maximum atomic E-state index is 12.7. The highest BCUT2D eigenvalue weighted by Crippen LogP contribution is 2.30. The Labute approximate surface area is 152 Å². The van der Waals surface area contributed by atoms with E-state index in [1.807, 2.05) is 12.1 Å². The van der Waals surface area contributed by atoms with Crippen molar-refractivity contribution < 1.29 is 8.42 Å². The van der Waals surface area contributed by atoms with Crippen LogP contribution < -0.4 is 10.6 Å². The molecule has 0 bridgehead atoms. The third kappa shape index (κ3) is 3.63. The minimum absolute atomic E-state index is 0.334. The molecule has 1 fully saturated rings. The Morgan fingerprint density at radius 3 is 2.04 bits per heavy atom. The lowest BCUT2D eigenvalue weighted by atomic mass is 10.1. The van der Waals surface area contributed by atoms with E-state index in [4.69, 9.17) is 28.9 Å². The van der Waals surface area contributed by atoms with Gasteiger partial charge in [0.2, 0.25) is 0 Å². The zero-order chi connectivity index (χ0) is 17.3. The van der Waals surface area contributed by atoms with Gasteiger partial charge in [0, 0.05) is 34.5 Å². The van der Waals surface area contributed by atoms with Crippen LogP contribution in [0.4, 0.5) is 11.4 Å². The van der Waals surface area contributed by atoms with Crippen molar-refractivity contribution in [2.75, 3.05) is 23.7 Å². The minimum atomic E-state index is -3.34. The number of nitrogens with two attached hydrogens (primary N) is 1. The van der Waals surface area contributed by atoms with Crippen LogP contribution in [0.25, 0.3) is 0 Å². The largest absolute Gasteiger partial charge is 0.399 e. The maximum Gasteiger partial charge on any atom is 0.181 e. The number of hydrogen-bond donors (Lipinski definition) is 1. The molecule has 0 aromatic heterocycles. The summed E-state index contributed by atoms with van der Waals surface area (Å²) in [6.07, 6.45) is 1.13. The third-order valence-corrected chi connectivity index (χ3v) is 7.02.